The third-order valence-corrected chi connectivity index (χ3v) is 7.38. The monoisotopic (exact) mass is 480 g/mol. The Balaban J connectivity index is 1.79. The quantitative estimate of drug-likeness (QED) is 0.497. The fraction of sp³-hybridized carbons (Fsp3) is 0.179. The van der Waals surface area contributed by atoms with E-state index in [0.29, 0.717) is 11.1 Å². The maximum absolute atomic E-state index is 14.6. The summed E-state index contributed by atoms with van der Waals surface area (Å²) >= 11 is 0. The van der Waals surface area contributed by atoms with Crippen LogP contribution in [0.3, 0.4) is 0 Å². The maximum atomic E-state index is 14.6. The maximum Gasteiger partial charge on any atom is 0.316 e. The van der Waals surface area contributed by atoms with Gasteiger partial charge in [0.05, 0.1) is 11.4 Å². The molecule has 3 heterocycles. The van der Waals surface area contributed by atoms with Gasteiger partial charge in [-0.3, -0.25) is 24.0 Å². The minimum absolute atomic E-state index is 0.227. The van der Waals surface area contributed by atoms with Crippen LogP contribution in [0.1, 0.15) is 36.5 Å². The number of anilines is 2. The van der Waals surface area contributed by atoms with Crippen molar-refractivity contribution < 1.29 is 28.7 Å². The second-order valence-corrected chi connectivity index (χ2v) is 9.11. The molecule has 0 radical (unpaired) electrons. The fourth-order valence-corrected chi connectivity index (χ4v) is 6.18. The Morgan fingerprint density at radius 3 is 1.81 bits per heavy atom. The molecule has 3 aromatic carbocycles. The highest BCUT2D eigenvalue weighted by Crippen LogP contribution is 2.67. The van der Waals surface area contributed by atoms with E-state index in [1.54, 1.807) is 78.9 Å². The van der Waals surface area contributed by atoms with E-state index in [1.165, 1.54) is 13.8 Å². The largest absolute Gasteiger partial charge is 0.442 e. The van der Waals surface area contributed by atoms with Gasteiger partial charge in [0.25, 0.3) is 11.8 Å². The number of fused-ring (bicyclic) bond motifs is 5. The van der Waals surface area contributed by atoms with E-state index in [1.807, 2.05) is 0 Å². The predicted molar refractivity (Wildman–Crippen MR) is 128 cm³/mol. The molecule has 0 aliphatic carbocycles. The lowest BCUT2D eigenvalue weighted by Crippen LogP contribution is -2.60. The Morgan fingerprint density at radius 2 is 1.19 bits per heavy atom. The van der Waals surface area contributed by atoms with Gasteiger partial charge in [-0.15, -0.1) is 0 Å². The van der Waals surface area contributed by atoms with Crippen molar-refractivity contribution in [2.75, 3.05) is 9.80 Å². The first-order chi connectivity index (χ1) is 17.3. The van der Waals surface area contributed by atoms with Crippen molar-refractivity contribution in [2.24, 2.45) is 0 Å². The Kier molecular flexibility index (Phi) is 4.39. The van der Waals surface area contributed by atoms with Crippen LogP contribution in [0.4, 0.5) is 11.4 Å². The van der Waals surface area contributed by atoms with Gasteiger partial charge >= 0.3 is 5.97 Å². The number of imide groups is 2. The van der Waals surface area contributed by atoms with Crippen LogP contribution in [0, 0.1) is 0 Å². The molecule has 0 saturated carbocycles. The topological polar surface area (TPSA) is 101 Å². The number of hydrogen-bond donors (Lipinski definition) is 0. The molecule has 3 aliphatic heterocycles. The third-order valence-electron chi connectivity index (χ3n) is 7.38. The molecular formula is C28H20N2O6. The van der Waals surface area contributed by atoms with Crippen molar-refractivity contribution in [3.05, 3.63) is 95.6 Å². The highest BCUT2D eigenvalue weighted by molar-refractivity contribution is 6.31. The molecular weight excluding hydrogens is 460 g/mol. The molecule has 0 N–H and O–H groups in total. The van der Waals surface area contributed by atoms with Crippen LogP contribution >= 0.6 is 0 Å². The van der Waals surface area contributed by atoms with E-state index in [2.05, 4.69) is 0 Å². The van der Waals surface area contributed by atoms with Crippen molar-refractivity contribution in [2.45, 2.75) is 30.8 Å². The van der Waals surface area contributed by atoms with Gasteiger partial charge in [-0.25, -0.2) is 9.80 Å². The van der Waals surface area contributed by atoms with Gasteiger partial charge in [0.1, 0.15) is 11.3 Å². The number of carbonyl (C=O) groups is 5. The molecule has 8 heteroatoms. The van der Waals surface area contributed by atoms with Crippen LogP contribution in [-0.4, -0.2) is 29.6 Å². The second-order valence-electron chi connectivity index (χ2n) is 9.11. The van der Waals surface area contributed by atoms with Gasteiger partial charge < -0.3 is 4.74 Å². The van der Waals surface area contributed by atoms with E-state index < -0.39 is 46.5 Å². The van der Waals surface area contributed by atoms with Crippen LogP contribution in [0.5, 0.6) is 0 Å². The van der Waals surface area contributed by atoms with E-state index in [9.17, 15) is 24.0 Å². The Morgan fingerprint density at radius 1 is 0.694 bits per heavy atom. The lowest BCUT2D eigenvalue weighted by atomic mass is 9.59. The zero-order valence-electron chi connectivity index (χ0n) is 19.4. The molecule has 3 aromatic rings. The van der Waals surface area contributed by atoms with Crippen molar-refractivity contribution in [3.63, 3.8) is 0 Å². The van der Waals surface area contributed by atoms with Crippen molar-refractivity contribution in [1.82, 2.24) is 0 Å². The van der Waals surface area contributed by atoms with E-state index in [-0.39, 0.29) is 16.9 Å². The summed E-state index contributed by atoms with van der Waals surface area (Å²) in [6.45, 7) is 2.49. The Labute approximate surface area is 206 Å². The summed E-state index contributed by atoms with van der Waals surface area (Å²) in [4.78, 5) is 70.2. The number of nitrogens with zero attached hydrogens (tertiary/aromatic N) is 2. The Hall–Kier alpha value is -4.59. The summed E-state index contributed by atoms with van der Waals surface area (Å²) in [5.41, 5.74) is -2.64. The number of rotatable bonds is 1. The molecule has 0 unspecified atom stereocenters. The summed E-state index contributed by atoms with van der Waals surface area (Å²) in [6.07, 6.45) is 0. The minimum Gasteiger partial charge on any atom is -0.442 e. The average Bonchev–Trinajstić information content (AvgIpc) is 3.39. The normalized spacial score (nSPS) is 25.9. The number of ether oxygens (including phenoxy) is 1. The van der Waals surface area contributed by atoms with Crippen LogP contribution in [0.25, 0.3) is 0 Å². The lowest BCUT2D eigenvalue weighted by molar-refractivity contribution is -0.162. The first kappa shape index (κ1) is 21.9. The molecule has 8 nitrogen and oxygen atoms in total. The van der Waals surface area contributed by atoms with Crippen LogP contribution in [0.15, 0.2) is 78.9 Å². The molecule has 6 rings (SSSR count). The van der Waals surface area contributed by atoms with Gasteiger partial charge in [0.15, 0.2) is 0 Å². The molecule has 4 amide bonds. The van der Waals surface area contributed by atoms with Gasteiger partial charge in [0.2, 0.25) is 17.4 Å². The highest BCUT2D eigenvalue weighted by atomic mass is 16.6. The number of hydrogen-bond acceptors (Lipinski definition) is 6. The van der Waals surface area contributed by atoms with Gasteiger partial charge in [-0.2, -0.15) is 0 Å². The summed E-state index contributed by atoms with van der Waals surface area (Å²) in [7, 11) is 0. The third kappa shape index (κ3) is 2.31. The summed E-state index contributed by atoms with van der Waals surface area (Å²) in [5, 5.41) is 0. The molecule has 0 aromatic heterocycles. The predicted octanol–water partition coefficient (Wildman–Crippen LogP) is 2.95. The fourth-order valence-electron chi connectivity index (χ4n) is 6.18. The number of amides is 4. The first-order valence-corrected chi connectivity index (χ1v) is 11.5. The number of esters is 1. The molecule has 178 valence electrons. The number of carbonyl (C=O) groups excluding carboxylic acids is 5. The van der Waals surface area contributed by atoms with Crippen LogP contribution < -0.4 is 9.80 Å². The zero-order valence-corrected chi connectivity index (χ0v) is 19.4. The molecule has 1 saturated heterocycles. The van der Waals surface area contributed by atoms with Gasteiger partial charge in [-0.05, 0) is 23.3 Å². The van der Waals surface area contributed by atoms with E-state index in [0.717, 1.165) is 9.80 Å². The minimum atomic E-state index is -2.19. The average molecular weight is 480 g/mol. The molecule has 0 bridgehead atoms. The smallest absolute Gasteiger partial charge is 0.316 e. The summed E-state index contributed by atoms with van der Waals surface area (Å²) in [6, 6.07) is 21.7. The van der Waals surface area contributed by atoms with E-state index in [4.69, 9.17) is 4.74 Å². The summed E-state index contributed by atoms with van der Waals surface area (Å²) < 4.78 is 6.05. The first-order valence-electron chi connectivity index (χ1n) is 11.5. The van der Waals surface area contributed by atoms with Crippen molar-refractivity contribution >= 4 is 41.0 Å². The summed E-state index contributed by atoms with van der Waals surface area (Å²) in [5.74, 6) is -4.77. The molecule has 2 spiro atoms. The van der Waals surface area contributed by atoms with Crippen LogP contribution in [-0.2, 0) is 39.7 Å². The second kappa shape index (κ2) is 7.21. The van der Waals surface area contributed by atoms with Crippen LogP contribution in [0.2, 0.25) is 0 Å². The zero-order chi connectivity index (χ0) is 25.4. The molecule has 36 heavy (non-hydrogen) atoms. The number of benzene rings is 3. The molecule has 1 fully saturated rings. The lowest BCUT2D eigenvalue weighted by Gasteiger charge is -2.38. The van der Waals surface area contributed by atoms with Crippen molar-refractivity contribution in [3.8, 4) is 0 Å². The van der Waals surface area contributed by atoms with Gasteiger partial charge in [-0.1, -0.05) is 66.7 Å². The van der Waals surface area contributed by atoms with Gasteiger partial charge in [0, 0.05) is 19.4 Å². The molecule has 3 atom stereocenters. The number of para-hydroxylation sites is 2. The van der Waals surface area contributed by atoms with Crippen molar-refractivity contribution in [1.29, 1.82) is 0 Å². The highest BCUT2D eigenvalue weighted by Gasteiger charge is 2.82. The Bertz CT molecular complexity index is 1520. The van der Waals surface area contributed by atoms with E-state index >= 15 is 0 Å². The standard InChI is InChI=1S/C28H20N2O6/c1-16(31)29-21-14-8-6-12-19(21)27(25(29)34)23(18-10-4-3-5-11-18)24(33)36-28(27)20-13-7-9-15-22(20)30(17(2)32)26(28)35/h3-15,23H,1-2H3/t23-,27-,28-/m1/s1. The SMILES string of the molecule is CC(=O)N1C(=O)[C@]2(OC(=O)[C@@H](c3ccccc3)[C@]23C(=O)N(C(C)=O)c2ccccc23)c2ccccc21. The molecule has 3 aliphatic rings.